The van der Waals surface area contributed by atoms with E-state index in [0.717, 1.165) is 11.6 Å². The van der Waals surface area contributed by atoms with Crippen molar-refractivity contribution >= 4 is 33.5 Å². The summed E-state index contributed by atoms with van der Waals surface area (Å²) in [5.41, 5.74) is 1.47. The third-order valence-electron chi connectivity index (χ3n) is 5.40. The first-order valence-electron chi connectivity index (χ1n) is 10.2. The molecule has 0 fully saturated rings. The summed E-state index contributed by atoms with van der Waals surface area (Å²) < 4.78 is 32.3. The van der Waals surface area contributed by atoms with Gasteiger partial charge >= 0.3 is 5.97 Å². The van der Waals surface area contributed by atoms with E-state index in [1.807, 2.05) is 0 Å². The molecule has 10 heteroatoms. The van der Waals surface area contributed by atoms with E-state index in [4.69, 9.17) is 0 Å². The average molecular weight is 480 g/mol. The second-order valence-corrected chi connectivity index (χ2v) is 9.21. The van der Waals surface area contributed by atoms with Crippen molar-refractivity contribution in [3.05, 3.63) is 89.0 Å². The van der Waals surface area contributed by atoms with Crippen LogP contribution in [0.1, 0.15) is 36.6 Å². The SMILES string of the molecule is COC(=O)c1ccc(NS(=O)(=O)c2ccc(CCN3C(=O)c4ccccc4C3=O)cc2)c(O)c1. The number of sulfonamides is 1. The average Bonchev–Trinajstić information content (AvgIpc) is 3.08. The quantitative estimate of drug-likeness (QED) is 0.302. The fourth-order valence-corrected chi connectivity index (χ4v) is 4.66. The first kappa shape index (κ1) is 23.0. The molecule has 3 aromatic carbocycles. The standard InChI is InChI=1S/C24H20N2O7S/c1-33-24(30)16-8-11-20(21(27)14-16)25-34(31,32)17-9-6-15(7-10-17)12-13-26-22(28)18-4-2-3-5-19(18)23(26)29/h2-11,14,25,27H,12-13H2,1H3. The summed E-state index contributed by atoms with van der Waals surface area (Å²) in [6.07, 6.45) is 0.356. The van der Waals surface area contributed by atoms with E-state index in [0.29, 0.717) is 17.5 Å². The molecule has 34 heavy (non-hydrogen) atoms. The molecule has 0 saturated heterocycles. The largest absolute Gasteiger partial charge is 0.506 e. The van der Waals surface area contributed by atoms with Gasteiger partial charge in [0.1, 0.15) is 5.75 Å². The number of benzene rings is 3. The van der Waals surface area contributed by atoms with Gasteiger partial charge in [0.05, 0.1) is 34.4 Å². The van der Waals surface area contributed by atoms with Crippen LogP contribution in [0.4, 0.5) is 5.69 Å². The number of phenols is 1. The van der Waals surface area contributed by atoms with Gasteiger partial charge in [0.25, 0.3) is 21.8 Å². The van der Waals surface area contributed by atoms with Crippen LogP contribution >= 0.6 is 0 Å². The lowest BCUT2D eigenvalue weighted by atomic mass is 10.1. The Kier molecular flexibility index (Phi) is 6.08. The summed E-state index contributed by atoms with van der Waals surface area (Å²) in [6, 6.07) is 16.3. The Morgan fingerprint density at radius 1 is 0.971 bits per heavy atom. The molecule has 2 amide bonds. The van der Waals surface area contributed by atoms with Crippen LogP contribution in [-0.2, 0) is 21.2 Å². The topological polar surface area (TPSA) is 130 Å². The molecule has 9 nitrogen and oxygen atoms in total. The summed E-state index contributed by atoms with van der Waals surface area (Å²) in [4.78, 5) is 37.6. The first-order valence-corrected chi connectivity index (χ1v) is 11.7. The van der Waals surface area contributed by atoms with Gasteiger partial charge in [-0.15, -0.1) is 0 Å². The highest BCUT2D eigenvalue weighted by molar-refractivity contribution is 7.92. The lowest BCUT2D eigenvalue weighted by molar-refractivity contribution is 0.0598. The van der Waals surface area contributed by atoms with Crippen molar-refractivity contribution < 1.29 is 32.6 Å². The number of amides is 2. The number of hydrogen-bond acceptors (Lipinski definition) is 7. The van der Waals surface area contributed by atoms with Crippen LogP contribution in [0.5, 0.6) is 5.75 Å². The Hall–Kier alpha value is -4.18. The van der Waals surface area contributed by atoms with Crippen LogP contribution in [0.3, 0.4) is 0 Å². The number of methoxy groups -OCH3 is 1. The summed E-state index contributed by atoms with van der Waals surface area (Å²) in [5.74, 6) is -1.78. The highest BCUT2D eigenvalue weighted by Crippen LogP contribution is 2.28. The zero-order valence-electron chi connectivity index (χ0n) is 18.0. The van der Waals surface area contributed by atoms with Gasteiger partial charge in [-0.25, -0.2) is 13.2 Å². The zero-order valence-corrected chi connectivity index (χ0v) is 18.8. The molecule has 0 spiro atoms. The van der Waals surface area contributed by atoms with Crippen molar-refractivity contribution in [2.75, 3.05) is 18.4 Å². The molecule has 0 radical (unpaired) electrons. The van der Waals surface area contributed by atoms with Gasteiger partial charge in [-0.3, -0.25) is 19.2 Å². The van der Waals surface area contributed by atoms with Crippen molar-refractivity contribution in [1.82, 2.24) is 4.90 Å². The maximum atomic E-state index is 12.7. The predicted molar refractivity (Wildman–Crippen MR) is 122 cm³/mol. The minimum Gasteiger partial charge on any atom is -0.506 e. The monoisotopic (exact) mass is 480 g/mol. The van der Waals surface area contributed by atoms with Crippen molar-refractivity contribution in [1.29, 1.82) is 0 Å². The molecule has 3 aromatic rings. The number of nitrogens with one attached hydrogen (secondary N) is 1. The molecule has 1 aliphatic heterocycles. The lowest BCUT2D eigenvalue weighted by Gasteiger charge is -2.14. The molecule has 0 bridgehead atoms. The molecule has 174 valence electrons. The van der Waals surface area contributed by atoms with E-state index in [2.05, 4.69) is 9.46 Å². The number of ether oxygens (including phenoxy) is 1. The fraction of sp³-hybridized carbons (Fsp3) is 0.125. The number of fused-ring (bicyclic) bond motifs is 1. The number of hydrogen-bond donors (Lipinski definition) is 2. The maximum absolute atomic E-state index is 12.7. The molecule has 0 unspecified atom stereocenters. The highest BCUT2D eigenvalue weighted by Gasteiger charge is 2.34. The molecule has 0 aromatic heterocycles. The van der Waals surface area contributed by atoms with Crippen molar-refractivity contribution in [3.8, 4) is 5.75 Å². The van der Waals surface area contributed by atoms with Crippen LogP contribution < -0.4 is 4.72 Å². The van der Waals surface area contributed by atoms with Gasteiger partial charge in [0.2, 0.25) is 0 Å². The third-order valence-corrected chi connectivity index (χ3v) is 6.78. The number of rotatable bonds is 7. The number of carbonyl (C=O) groups excluding carboxylic acids is 3. The number of phenolic OH excluding ortho intramolecular Hbond substituents is 1. The van der Waals surface area contributed by atoms with Crippen molar-refractivity contribution in [3.63, 3.8) is 0 Å². The van der Waals surface area contributed by atoms with Gasteiger partial charge in [-0.1, -0.05) is 24.3 Å². The molecule has 1 heterocycles. The summed E-state index contributed by atoms with van der Waals surface area (Å²) in [7, 11) is -2.83. The number of nitrogens with zero attached hydrogens (tertiary/aromatic N) is 1. The van der Waals surface area contributed by atoms with Crippen molar-refractivity contribution in [2.24, 2.45) is 0 Å². The summed E-state index contributed by atoms with van der Waals surface area (Å²) >= 11 is 0. The summed E-state index contributed by atoms with van der Waals surface area (Å²) in [5, 5.41) is 10.1. The van der Waals surface area contributed by atoms with Crippen LogP contribution in [0.15, 0.2) is 71.6 Å². The molecular formula is C24H20N2O7S. The van der Waals surface area contributed by atoms with E-state index < -0.39 is 21.7 Å². The smallest absolute Gasteiger partial charge is 0.337 e. The Labute approximate surface area is 195 Å². The zero-order chi connectivity index (χ0) is 24.5. The van der Waals surface area contributed by atoms with Gasteiger partial charge in [0.15, 0.2) is 0 Å². The summed E-state index contributed by atoms with van der Waals surface area (Å²) in [6.45, 7) is 0.164. The second-order valence-electron chi connectivity index (χ2n) is 7.53. The van der Waals surface area contributed by atoms with E-state index in [1.54, 1.807) is 36.4 Å². The second kappa shape index (κ2) is 8.99. The number of esters is 1. The van der Waals surface area contributed by atoms with Gasteiger partial charge < -0.3 is 9.84 Å². The fourth-order valence-electron chi connectivity index (χ4n) is 3.58. The molecule has 4 rings (SSSR count). The lowest BCUT2D eigenvalue weighted by Crippen LogP contribution is -2.31. The Morgan fingerprint density at radius 2 is 1.59 bits per heavy atom. The van der Waals surface area contributed by atoms with E-state index >= 15 is 0 Å². The number of carbonyl (C=O) groups is 3. The maximum Gasteiger partial charge on any atom is 0.337 e. The molecule has 0 atom stereocenters. The van der Waals surface area contributed by atoms with Gasteiger partial charge in [-0.05, 0) is 54.4 Å². The van der Waals surface area contributed by atoms with Crippen LogP contribution in [-0.4, -0.2) is 49.9 Å². The number of imide groups is 1. The van der Waals surface area contributed by atoms with Crippen molar-refractivity contribution in [2.45, 2.75) is 11.3 Å². The van der Waals surface area contributed by atoms with E-state index in [1.165, 1.54) is 36.3 Å². The Bertz CT molecular complexity index is 1360. The predicted octanol–water partition coefficient (Wildman–Crippen LogP) is 2.82. The van der Waals surface area contributed by atoms with Crippen LogP contribution in [0.2, 0.25) is 0 Å². The Morgan fingerprint density at radius 3 is 2.15 bits per heavy atom. The Balaban J connectivity index is 1.43. The van der Waals surface area contributed by atoms with Gasteiger partial charge in [-0.2, -0.15) is 0 Å². The van der Waals surface area contributed by atoms with Gasteiger partial charge in [0, 0.05) is 6.54 Å². The van der Waals surface area contributed by atoms with Crippen LogP contribution in [0, 0.1) is 0 Å². The molecule has 0 aliphatic carbocycles. The normalized spacial score (nSPS) is 13.0. The number of aromatic hydroxyl groups is 1. The van der Waals surface area contributed by atoms with Crippen LogP contribution in [0.25, 0.3) is 0 Å². The first-order chi connectivity index (χ1) is 16.2. The molecule has 1 aliphatic rings. The minimum absolute atomic E-state index is 0.0478. The highest BCUT2D eigenvalue weighted by atomic mass is 32.2. The number of anilines is 1. The molecule has 2 N–H and O–H groups in total. The van der Waals surface area contributed by atoms with E-state index in [9.17, 15) is 27.9 Å². The third kappa shape index (κ3) is 4.35. The minimum atomic E-state index is -4.02. The van der Waals surface area contributed by atoms with E-state index in [-0.39, 0.29) is 34.5 Å². The molecular weight excluding hydrogens is 460 g/mol. The molecule has 0 saturated carbocycles.